The summed E-state index contributed by atoms with van der Waals surface area (Å²) in [4.78, 5) is 37.5. The van der Waals surface area contributed by atoms with Gasteiger partial charge in [0.1, 0.15) is 0 Å². The molecule has 0 saturated heterocycles. The van der Waals surface area contributed by atoms with E-state index in [1.54, 1.807) is 0 Å². The van der Waals surface area contributed by atoms with E-state index in [1.807, 2.05) is 0 Å². The van der Waals surface area contributed by atoms with Gasteiger partial charge in [-0.25, -0.2) is 4.79 Å². The summed E-state index contributed by atoms with van der Waals surface area (Å²) in [5.41, 5.74) is -1.32. The van der Waals surface area contributed by atoms with Gasteiger partial charge in [-0.2, -0.15) is 9.66 Å². The van der Waals surface area contributed by atoms with E-state index in [-0.39, 0.29) is 16.4 Å². The second-order valence-electron chi connectivity index (χ2n) is 3.15. The number of halogens is 1. The van der Waals surface area contributed by atoms with E-state index in [9.17, 15) is 14.5 Å². The maximum absolute atomic E-state index is 11.7. The smallest absolute Gasteiger partial charge is 0.279 e. The number of fused-ring (bicyclic) bond motifs is 1. The van der Waals surface area contributed by atoms with Crippen LogP contribution in [0.25, 0.3) is 11.2 Å². The van der Waals surface area contributed by atoms with Crippen molar-refractivity contribution in [2.75, 3.05) is 0 Å². The van der Waals surface area contributed by atoms with Crippen molar-refractivity contribution in [1.82, 2.24) is 18.8 Å². The van der Waals surface area contributed by atoms with Crippen molar-refractivity contribution >= 4 is 22.8 Å². The third kappa shape index (κ3) is 1.13. The monoisotopic (exact) mass is 243 g/mol. The number of nitrogens with zero attached hydrogens (tertiary/aromatic N) is 5. The van der Waals surface area contributed by atoms with Crippen LogP contribution in [0, 0.1) is 4.91 Å². The van der Waals surface area contributed by atoms with Gasteiger partial charge in [0, 0.05) is 14.1 Å². The molecule has 0 N–H and O–H groups in total. The highest BCUT2D eigenvalue weighted by atomic mass is 35.5. The molecular weight excluding hydrogens is 238 g/mol. The first kappa shape index (κ1) is 10.6. The van der Waals surface area contributed by atoms with Crippen LogP contribution in [0.1, 0.15) is 0 Å². The lowest BCUT2D eigenvalue weighted by Crippen LogP contribution is -2.37. The minimum atomic E-state index is -0.669. The fourth-order valence-electron chi connectivity index (χ4n) is 1.43. The largest absolute Gasteiger partial charge is 0.332 e. The second kappa shape index (κ2) is 3.27. The molecule has 0 aliphatic rings. The van der Waals surface area contributed by atoms with E-state index in [0.717, 1.165) is 9.13 Å². The molecule has 2 rings (SSSR count). The molecule has 0 aromatic carbocycles. The molecule has 0 unspecified atom stereocenters. The summed E-state index contributed by atoms with van der Waals surface area (Å²) in [6.07, 6.45) is 0. The van der Waals surface area contributed by atoms with Gasteiger partial charge in [0.15, 0.2) is 11.2 Å². The number of hydrogen-bond acceptors (Lipinski definition) is 5. The first-order valence-corrected chi connectivity index (χ1v) is 4.54. The number of aryl methyl sites for hydroxylation is 1. The average Bonchev–Trinajstić information content (AvgIpc) is 2.60. The van der Waals surface area contributed by atoms with Gasteiger partial charge in [-0.05, 0) is 11.6 Å². The lowest BCUT2D eigenvalue weighted by molar-refractivity contribution is 0.704. The molecule has 0 bridgehead atoms. The van der Waals surface area contributed by atoms with Crippen LogP contribution >= 0.6 is 11.6 Å². The maximum Gasteiger partial charge on any atom is 0.332 e. The van der Waals surface area contributed by atoms with Crippen LogP contribution in [0.15, 0.2) is 14.9 Å². The molecule has 9 heteroatoms. The number of hydrogen-bond donors (Lipinski definition) is 0. The van der Waals surface area contributed by atoms with Gasteiger partial charge >= 0.3 is 5.69 Å². The lowest BCUT2D eigenvalue weighted by Gasteiger charge is -2.01. The summed E-state index contributed by atoms with van der Waals surface area (Å²) in [6.45, 7) is 0. The Labute approximate surface area is 92.6 Å². The standard InChI is InChI=1S/C7H6ClN5O3/c1-11-4-3(5(14)12(2)7(11)15)13(10-16)6(8)9-4/h1-2H3. The summed E-state index contributed by atoms with van der Waals surface area (Å²) in [5.74, 6) is 0. The van der Waals surface area contributed by atoms with E-state index < -0.39 is 11.2 Å². The molecule has 0 aliphatic carbocycles. The van der Waals surface area contributed by atoms with Gasteiger partial charge in [-0.3, -0.25) is 13.9 Å². The minimum Gasteiger partial charge on any atom is -0.279 e. The second-order valence-corrected chi connectivity index (χ2v) is 3.49. The Bertz CT molecular complexity index is 709. The van der Waals surface area contributed by atoms with E-state index in [2.05, 4.69) is 10.3 Å². The number of nitroso groups, excluding NO2 is 1. The van der Waals surface area contributed by atoms with Crippen molar-refractivity contribution in [3.05, 3.63) is 31.0 Å². The van der Waals surface area contributed by atoms with Gasteiger partial charge in [-0.1, -0.05) is 0 Å². The average molecular weight is 244 g/mol. The SMILES string of the molecule is Cn1c(=O)c2c(nc(Cl)n2N=O)n(C)c1=O. The molecule has 0 fully saturated rings. The van der Waals surface area contributed by atoms with Crippen molar-refractivity contribution in [2.45, 2.75) is 0 Å². The third-order valence-electron chi connectivity index (χ3n) is 2.28. The number of imidazole rings is 1. The van der Waals surface area contributed by atoms with Gasteiger partial charge < -0.3 is 0 Å². The maximum atomic E-state index is 11.7. The summed E-state index contributed by atoms with van der Waals surface area (Å²) in [5, 5.41) is 2.31. The Morgan fingerprint density at radius 2 is 1.88 bits per heavy atom. The van der Waals surface area contributed by atoms with Crippen molar-refractivity contribution in [1.29, 1.82) is 0 Å². The highest BCUT2D eigenvalue weighted by Crippen LogP contribution is 2.14. The van der Waals surface area contributed by atoms with Gasteiger partial charge in [0.25, 0.3) is 5.56 Å². The summed E-state index contributed by atoms with van der Waals surface area (Å²) >= 11 is 5.61. The molecule has 0 radical (unpaired) electrons. The molecule has 84 valence electrons. The van der Waals surface area contributed by atoms with Gasteiger partial charge in [0.2, 0.25) is 5.28 Å². The van der Waals surface area contributed by atoms with Crippen LogP contribution in [0.5, 0.6) is 0 Å². The van der Waals surface area contributed by atoms with Crippen LogP contribution in [0.4, 0.5) is 0 Å². The summed E-state index contributed by atoms with van der Waals surface area (Å²) in [7, 11) is 2.71. The van der Waals surface area contributed by atoms with Gasteiger partial charge in [0.05, 0.1) is 5.29 Å². The highest BCUT2D eigenvalue weighted by molar-refractivity contribution is 6.29. The van der Waals surface area contributed by atoms with Crippen molar-refractivity contribution < 1.29 is 0 Å². The quantitative estimate of drug-likeness (QED) is 0.504. The minimum absolute atomic E-state index is 0.0256. The summed E-state index contributed by atoms with van der Waals surface area (Å²) in [6, 6.07) is 0. The van der Waals surface area contributed by atoms with E-state index in [1.165, 1.54) is 14.1 Å². The van der Waals surface area contributed by atoms with E-state index in [4.69, 9.17) is 11.6 Å². The molecule has 8 nitrogen and oxygen atoms in total. The van der Waals surface area contributed by atoms with Crippen molar-refractivity contribution in [3.63, 3.8) is 0 Å². The summed E-state index contributed by atoms with van der Waals surface area (Å²) < 4.78 is 2.62. The first-order valence-electron chi connectivity index (χ1n) is 4.16. The van der Waals surface area contributed by atoms with Crippen LogP contribution in [-0.4, -0.2) is 18.8 Å². The van der Waals surface area contributed by atoms with Gasteiger partial charge in [-0.15, -0.1) is 4.91 Å². The Balaban J connectivity index is 3.22. The molecular formula is C7H6ClN5O3. The molecule has 0 spiro atoms. The molecule has 0 amide bonds. The van der Waals surface area contributed by atoms with Crippen LogP contribution in [0.2, 0.25) is 5.28 Å². The van der Waals surface area contributed by atoms with E-state index in [0.29, 0.717) is 4.68 Å². The van der Waals surface area contributed by atoms with E-state index >= 15 is 0 Å². The lowest BCUT2D eigenvalue weighted by atomic mass is 10.5. The normalized spacial score (nSPS) is 10.9. The highest BCUT2D eigenvalue weighted by Gasteiger charge is 2.18. The molecule has 2 heterocycles. The fraction of sp³-hybridized carbons (Fsp3) is 0.286. The Kier molecular flexibility index (Phi) is 2.16. The molecule has 0 atom stereocenters. The number of rotatable bonds is 1. The molecule has 2 aromatic rings. The third-order valence-corrected chi connectivity index (χ3v) is 2.52. The molecule has 16 heavy (non-hydrogen) atoms. The van der Waals surface area contributed by atoms with Crippen LogP contribution in [-0.2, 0) is 14.1 Å². The zero-order valence-corrected chi connectivity index (χ0v) is 9.09. The molecule has 0 aliphatic heterocycles. The zero-order valence-electron chi connectivity index (χ0n) is 8.34. The molecule has 0 saturated carbocycles. The Morgan fingerprint density at radius 1 is 1.25 bits per heavy atom. The fourth-order valence-corrected chi connectivity index (χ4v) is 1.63. The van der Waals surface area contributed by atoms with Crippen LogP contribution < -0.4 is 11.2 Å². The number of aromatic nitrogens is 4. The Hall–Kier alpha value is -1.96. The predicted octanol–water partition coefficient (Wildman–Crippen LogP) is -0.383. The topological polar surface area (TPSA) is 91.2 Å². The zero-order chi connectivity index (χ0) is 12.0. The van der Waals surface area contributed by atoms with Crippen molar-refractivity contribution in [2.24, 2.45) is 19.4 Å². The predicted molar refractivity (Wildman–Crippen MR) is 56.4 cm³/mol. The van der Waals surface area contributed by atoms with Crippen molar-refractivity contribution in [3.8, 4) is 0 Å². The molecule has 2 aromatic heterocycles. The Morgan fingerprint density at radius 3 is 2.44 bits per heavy atom. The first-order chi connectivity index (χ1) is 7.49. The van der Waals surface area contributed by atoms with Crippen LogP contribution in [0.3, 0.4) is 0 Å².